The van der Waals surface area contributed by atoms with Crippen LogP contribution in [0.25, 0.3) is 0 Å². The molecule has 6 heteroatoms. The van der Waals surface area contributed by atoms with E-state index < -0.39 is 16.3 Å². The van der Waals surface area contributed by atoms with Crippen molar-refractivity contribution < 1.29 is 13.5 Å². The molecule has 2 aliphatic heterocycles. The third-order valence-corrected chi connectivity index (χ3v) is 6.37. The highest BCUT2D eigenvalue weighted by molar-refractivity contribution is 7.86. The first-order valence-corrected chi connectivity index (χ1v) is 8.27. The van der Waals surface area contributed by atoms with Gasteiger partial charge in [-0.15, -0.1) is 0 Å². The number of rotatable bonds is 2. The van der Waals surface area contributed by atoms with Crippen LogP contribution in [0, 0.1) is 5.92 Å². The van der Waals surface area contributed by atoms with Crippen molar-refractivity contribution in [2.24, 2.45) is 5.92 Å². The van der Waals surface area contributed by atoms with E-state index >= 15 is 0 Å². The molecule has 0 radical (unpaired) electrons. The number of nitrogens with zero attached hydrogens (tertiary/aromatic N) is 2. The Labute approximate surface area is 110 Å². The number of β-amino-alcohol motifs (C(OH)–C–C–N with tert-alkyl or cyclic N) is 1. The van der Waals surface area contributed by atoms with Crippen LogP contribution in [0.2, 0.25) is 0 Å². The molecule has 3 atom stereocenters. The lowest BCUT2D eigenvalue weighted by Crippen LogP contribution is -2.54. The summed E-state index contributed by atoms with van der Waals surface area (Å²) in [6, 6.07) is 0.0836. The van der Waals surface area contributed by atoms with Gasteiger partial charge in [-0.05, 0) is 32.1 Å². The lowest BCUT2D eigenvalue weighted by atomic mass is 9.98. The molecule has 0 spiro atoms. The summed E-state index contributed by atoms with van der Waals surface area (Å²) in [6.45, 7) is 5.33. The van der Waals surface area contributed by atoms with Gasteiger partial charge in [0, 0.05) is 25.7 Å². The predicted molar refractivity (Wildman–Crippen MR) is 70.3 cm³/mol. The zero-order valence-corrected chi connectivity index (χ0v) is 12.1. The van der Waals surface area contributed by atoms with Gasteiger partial charge in [-0.1, -0.05) is 13.3 Å². The SMILES string of the molecule is CC1CCN(S(=O)(=O)N2CCCCC2C)CC1O. The molecule has 0 bridgehead atoms. The molecule has 2 heterocycles. The molecular weight excluding hydrogens is 252 g/mol. The predicted octanol–water partition coefficient (Wildman–Crippen LogP) is 0.808. The first kappa shape index (κ1) is 14.2. The second-order valence-electron chi connectivity index (χ2n) is 5.65. The second-order valence-corrected chi connectivity index (χ2v) is 7.54. The lowest BCUT2D eigenvalue weighted by molar-refractivity contribution is 0.0568. The Kier molecular flexibility index (Phi) is 4.31. The minimum Gasteiger partial charge on any atom is -0.391 e. The third kappa shape index (κ3) is 2.71. The summed E-state index contributed by atoms with van der Waals surface area (Å²) in [4.78, 5) is 0. The summed E-state index contributed by atoms with van der Waals surface area (Å²) in [5, 5.41) is 9.85. The number of aliphatic hydroxyl groups excluding tert-OH is 1. The fourth-order valence-corrected chi connectivity index (χ4v) is 4.69. The van der Waals surface area contributed by atoms with Crippen molar-refractivity contribution in [1.82, 2.24) is 8.61 Å². The Hall–Kier alpha value is -0.170. The van der Waals surface area contributed by atoms with Gasteiger partial charge in [0.15, 0.2) is 0 Å². The molecule has 0 saturated carbocycles. The van der Waals surface area contributed by atoms with E-state index in [2.05, 4.69) is 0 Å². The molecule has 2 fully saturated rings. The summed E-state index contributed by atoms with van der Waals surface area (Å²) < 4.78 is 28.2. The van der Waals surface area contributed by atoms with Crippen LogP contribution >= 0.6 is 0 Å². The Bertz CT molecular complexity index is 385. The maximum Gasteiger partial charge on any atom is 0.282 e. The van der Waals surface area contributed by atoms with Crippen LogP contribution in [0.5, 0.6) is 0 Å². The van der Waals surface area contributed by atoms with Crippen molar-refractivity contribution in [2.45, 2.75) is 51.7 Å². The Morgan fingerprint density at radius 2 is 1.83 bits per heavy atom. The summed E-state index contributed by atoms with van der Waals surface area (Å²) >= 11 is 0. The van der Waals surface area contributed by atoms with Gasteiger partial charge in [-0.2, -0.15) is 17.0 Å². The fourth-order valence-electron chi connectivity index (χ4n) is 2.79. The van der Waals surface area contributed by atoms with Crippen LogP contribution in [0.1, 0.15) is 39.5 Å². The van der Waals surface area contributed by atoms with Crippen molar-refractivity contribution in [3.63, 3.8) is 0 Å². The molecule has 106 valence electrons. The molecule has 0 aromatic carbocycles. The topological polar surface area (TPSA) is 60.9 Å². The standard InChI is InChI=1S/C12H24N2O3S/c1-10-6-8-13(9-12(10)15)18(16,17)14-7-4-3-5-11(14)2/h10-12,15H,3-9H2,1-2H3. The van der Waals surface area contributed by atoms with Gasteiger partial charge < -0.3 is 5.11 Å². The molecule has 0 aliphatic carbocycles. The van der Waals surface area contributed by atoms with Crippen LogP contribution in [0.3, 0.4) is 0 Å². The van der Waals surface area contributed by atoms with Crippen LogP contribution in [0.4, 0.5) is 0 Å². The number of hydrogen-bond acceptors (Lipinski definition) is 3. The first-order valence-electron chi connectivity index (χ1n) is 6.88. The zero-order valence-electron chi connectivity index (χ0n) is 11.2. The normalized spacial score (nSPS) is 36.7. The van der Waals surface area contributed by atoms with Gasteiger partial charge in [-0.25, -0.2) is 0 Å². The number of aliphatic hydroxyl groups is 1. The Morgan fingerprint density at radius 3 is 2.44 bits per heavy atom. The van der Waals surface area contributed by atoms with Crippen LogP contribution in [0.15, 0.2) is 0 Å². The quantitative estimate of drug-likeness (QED) is 0.812. The molecule has 0 aromatic rings. The molecule has 5 nitrogen and oxygen atoms in total. The van der Waals surface area contributed by atoms with Crippen molar-refractivity contribution in [3.05, 3.63) is 0 Å². The molecule has 2 rings (SSSR count). The Balaban J connectivity index is 2.10. The van der Waals surface area contributed by atoms with Gasteiger partial charge >= 0.3 is 0 Å². The molecule has 2 saturated heterocycles. The van der Waals surface area contributed by atoms with E-state index in [1.165, 1.54) is 4.31 Å². The molecular formula is C12H24N2O3S. The number of hydrogen-bond donors (Lipinski definition) is 1. The number of piperidine rings is 2. The van der Waals surface area contributed by atoms with Gasteiger partial charge in [0.05, 0.1) is 6.10 Å². The first-order chi connectivity index (χ1) is 8.43. The van der Waals surface area contributed by atoms with E-state index in [0.717, 1.165) is 25.7 Å². The van der Waals surface area contributed by atoms with E-state index in [4.69, 9.17) is 0 Å². The molecule has 0 aromatic heterocycles. The average Bonchev–Trinajstić information content (AvgIpc) is 2.33. The highest BCUT2D eigenvalue weighted by Gasteiger charge is 2.38. The van der Waals surface area contributed by atoms with Gasteiger partial charge in [0.1, 0.15) is 0 Å². The van der Waals surface area contributed by atoms with E-state index in [-0.39, 0.29) is 18.5 Å². The maximum absolute atomic E-state index is 12.5. The average molecular weight is 276 g/mol. The maximum atomic E-state index is 12.5. The molecule has 18 heavy (non-hydrogen) atoms. The largest absolute Gasteiger partial charge is 0.391 e. The summed E-state index contributed by atoms with van der Waals surface area (Å²) in [5.74, 6) is 0.190. The Morgan fingerprint density at radius 1 is 1.11 bits per heavy atom. The highest BCUT2D eigenvalue weighted by atomic mass is 32.2. The molecule has 2 aliphatic rings. The minimum absolute atomic E-state index is 0.0836. The van der Waals surface area contributed by atoms with Crippen LogP contribution in [-0.2, 0) is 10.2 Å². The van der Waals surface area contributed by atoms with E-state index in [0.29, 0.717) is 13.1 Å². The minimum atomic E-state index is -3.38. The van der Waals surface area contributed by atoms with E-state index in [9.17, 15) is 13.5 Å². The van der Waals surface area contributed by atoms with Gasteiger partial charge in [0.25, 0.3) is 10.2 Å². The monoisotopic (exact) mass is 276 g/mol. The zero-order chi connectivity index (χ0) is 13.3. The summed E-state index contributed by atoms with van der Waals surface area (Å²) in [7, 11) is -3.38. The second kappa shape index (κ2) is 5.45. The third-order valence-electron chi connectivity index (χ3n) is 4.25. The van der Waals surface area contributed by atoms with Crippen molar-refractivity contribution in [3.8, 4) is 0 Å². The van der Waals surface area contributed by atoms with Crippen molar-refractivity contribution in [2.75, 3.05) is 19.6 Å². The highest BCUT2D eigenvalue weighted by Crippen LogP contribution is 2.26. The van der Waals surface area contributed by atoms with Crippen molar-refractivity contribution in [1.29, 1.82) is 0 Å². The van der Waals surface area contributed by atoms with E-state index in [1.807, 2.05) is 13.8 Å². The molecule has 0 amide bonds. The van der Waals surface area contributed by atoms with Crippen LogP contribution in [-0.4, -0.2) is 53.9 Å². The summed E-state index contributed by atoms with van der Waals surface area (Å²) in [6.07, 6.45) is 3.19. The molecule has 1 N–H and O–H groups in total. The molecule has 3 unspecified atom stereocenters. The van der Waals surface area contributed by atoms with E-state index in [1.54, 1.807) is 4.31 Å². The van der Waals surface area contributed by atoms with Gasteiger partial charge in [-0.3, -0.25) is 0 Å². The lowest BCUT2D eigenvalue weighted by Gasteiger charge is -2.40. The smallest absolute Gasteiger partial charge is 0.282 e. The van der Waals surface area contributed by atoms with Crippen molar-refractivity contribution >= 4 is 10.2 Å². The van der Waals surface area contributed by atoms with Crippen LogP contribution < -0.4 is 0 Å². The summed E-state index contributed by atoms with van der Waals surface area (Å²) in [5.41, 5.74) is 0. The fraction of sp³-hybridized carbons (Fsp3) is 1.00. The van der Waals surface area contributed by atoms with Gasteiger partial charge in [0.2, 0.25) is 0 Å².